The minimum absolute atomic E-state index is 0.188. The summed E-state index contributed by atoms with van der Waals surface area (Å²) in [5.74, 6) is 4.34. The summed E-state index contributed by atoms with van der Waals surface area (Å²) in [7, 11) is 0. The van der Waals surface area contributed by atoms with Crippen molar-refractivity contribution in [1.29, 1.82) is 0 Å². The summed E-state index contributed by atoms with van der Waals surface area (Å²) in [6.07, 6.45) is 17.5. The lowest BCUT2D eigenvalue weighted by molar-refractivity contribution is -0.146. The Labute approximate surface area is 179 Å². The zero-order valence-electron chi connectivity index (χ0n) is 19.3. The van der Waals surface area contributed by atoms with E-state index >= 15 is 0 Å². The second kappa shape index (κ2) is 7.97. The summed E-state index contributed by atoms with van der Waals surface area (Å²) < 4.78 is 0. The number of fused-ring (bicyclic) bond motifs is 5. The first kappa shape index (κ1) is 21.9. The Morgan fingerprint density at radius 1 is 0.966 bits per heavy atom. The molecule has 0 radical (unpaired) electrons. The molecule has 0 amide bonds. The van der Waals surface area contributed by atoms with E-state index in [-0.39, 0.29) is 6.10 Å². The van der Waals surface area contributed by atoms with Crippen molar-refractivity contribution in [1.82, 2.24) is 0 Å². The lowest BCUT2D eigenvalue weighted by Crippen LogP contribution is -2.55. The summed E-state index contributed by atoms with van der Waals surface area (Å²) >= 11 is 0. The molecule has 166 valence electrons. The molecule has 0 heterocycles. The van der Waals surface area contributed by atoms with Crippen molar-refractivity contribution in [3.8, 4) is 0 Å². The molecule has 2 N–H and O–H groups in total. The molecule has 0 aromatic heterocycles. The Morgan fingerprint density at radius 2 is 1.72 bits per heavy atom. The fourth-order valence-electron chi connectivity index (χ4n) is 8.92. The zero-order valence-corrected chi connectivity index (χ0v) is 19.3. The summed E-state index contributed by atoms with van der Waals surface area (Å²) in [5.41, 5.74) is 0.585. The summed E-state index contributed by atoms with van der Waals surface area (Å²) in [6.45, 7) is 11.1. The van der Waals surface area contributed by atoms with E-state index in [1.54, 1.807) is 0 Å². The highest BCUT2D eigenvalue weighted by molar-refractivity contribution is 5.10. The second-order valence-electron chi connectivity index (χ2n) is 12.3. The molecule has 0 aliphatic heterocycles. The molecule has 4 fully saturated rings. The van der Waals surface area contributed by atoms with E-state index in [4.69, 9.17) is 0 Å². The van der Waals surface area contributed by atoms with Gasteiger partial charge < -0.3 is 10.2 Å². The predicted octanol–water partition coefficient (Wildman–Crippen LogP) is 6.50. The van der Waals surface area contributed by atoms with Crippen LogP contribution in [0.15, 0.2) is 12.7 Å². The molecule has 0 spiro atoms. The van der Waals surface area contributed by atoms with Gasteiger partial charge in [-0.3, -0.25) is 0 Å². The van der Waals surface area contributed by atoms with Gasteiger partial charge in [0.05, 0.1) is 11.7 Å². The van der Waals surface area contributed by atoms with E-state index < -0.39 is 5.60 Å². The van der Waals surface area contributed by atoms with Crippen molar-refractivity contribution in [2.75, 3.05) is 0 Å². The Morgan fingerprint density at radius 3 is 2.48 bits per heavy atom. The summed E-state index contributed by atoms with van der Waals surface area (Å²) in [5, 5.41) is 20.7. The maximum absolute atomic E-state index is 10.7. The highest BCUT2D eigenvalue weighted by Crippen LogP contribution is 2.68. The molecule has 0 bridgehead atoms. The Bertz CT molecular complexity index is 597. The fourth-order valence-corrected chi connectivity index (χ4v) is 8.92. The molecule has 0 aromatic rings. The number of aliphatic hydroxyl groups is 2. The molecular formula is C27H46O2. The maximum Gasteiger partial charge on any atom is 0.0622 e. The first-order valence-electron chi connectivity index (χ1n) is 12.7. The second-order valence-corrected chi connectivity index (χ2v) is 12.3. The van der Waals surface area contributed by atoms with Crippen LogP contribution >= 0.6 is 0 Å². The van der Waals surface area contributed by atoms with Crippen LogP contribution in [0.3, 0.4) is 0 Å². The quantitative estimate of drug-likeness (QED) is 0.498. The third-order valence-corrected chi connectivity index (χ3v) is 10.7. The average molecular weight is 403 g/mol. The van der Waals surface area contributed by atoms with Crippen LogP contribution in [-0.2, 0) is 0 Å². The lowest BCUT2D eigenvalue weighted by atomic mass is 9.44. The molecule has 8 unspecified atom stereocenters. The third kappa shape index (κ3) is 3.86. The van der Waals surface area contributed by atoms with Gasteiger partial charge >= 0.3 is 0 Å². The molecular weight excluding hydrogens is 356 g/mol. The Balaban J connectivity index is 1.42. The van der Waals surface area contributed by atoms with Crippen LogP contribution in [-0.4, -0.2) is 21.9 Å². The van der Waals surface area contributed by atoms with Gasteiger partial charge in [0.15, 0.2) is 0 Å². The molecule has 4 saturated carbocycles. The van der Waals surface area contributed by atoms with Crippen molar-refractivity contribution in [2.45, 2.75) is 116 Å². The zero-order chi connectivity index (χ0) is 20.9. The topological polar surface area (TPSA) is 40.5 Å². The van der Waals surface area contributed by atoms with E-state index in [0.29, 0.717) is 10.8 Å². The van der Waals surface area contributed by atoms with Crippen molar-refractivity contribution in [2.24, 2.45) is 40.4 Å². The van der Waals surface area contributed by atoms with E-state index in [1.807, 2.05) is 6.08 Å². The minimum atomic E-state index is -0.422. The summed E-state index contributed by atoms with van der Waals surface area (Å²) in [4.78, 5) is 0. The predicted molar refractivity (Wildman–Crippen MR) is 121 cm³/mol. The van der Waals surface area contributed by atoms with Crippen LogP contribution < -0.4 is 0 Å². The van der Waals surface area contributed by atoms with Gasteiger partial charge in [-0.15, -0.1) is 6.58 Å². The number of aliphatic hydroxyl groups excluding tert-OH is 1. The molecule has 4 aliphatic rings. The number of hydrogen-bond donors (Lipinski definition) is 2. The molecule has 9 atom stereocenters. The SMILES string of the molecule is C=CCC(O)CCCC1CCC2C3CCC4C[C@@](C)(O)CCC4(C)C3CCC12C. The fraction of sp³-hybridized carbons (Fsp3) is 0.926. The smallest absolute Gasteiger partial charge is 0.0622 e. The Kier molecular flexibility index (Phi) is 6.01. The van der Waals surface area contributed by atoms with Gasteiger partial charge in [-0.1, -0.05) is 26.3 Å². The van der Waals surface area contributed by atoms with Gasteiger partial charge in [0.1, 0.15) is 0 Å². The lowest BCUT2D eigenvalue weighted by Gasteiger charge is -2.62. The van der Waals surface area contributed by atoms with Crippen molar-refractivity contribution >= 4 is 0 Å². The van der Waals surface area contributed by atoms with E-state index in [2.05, 4.69) is 27.4 Å². The largest absolute Gasteiger partial charge is 0.393 e. The first-order chi connectivity index (χ1) is 13.7. The van der Waals surface area contributed by atoms with E-state index in [0.717, 1.165) is 55.3 Å². The van der Waals surface area contributed by atoms with Gasteiger partial charge in [-0.05, 0) is 124 Å². The van der Waals surface area contributed by atoms with Crippen molar-refractivity contribution in [3.63, 3.8) is 0 Å². The van der Waals surface area contributed by atoms with Crippen molar-refractivity contribution in [3.05, 3.63) is 12.7 Å². The van der Waals surface area contributed by atoms with Gasteiger partial charge in [0.2, 0.25) is 0 Å². The molecule has 0 aromatic carbocycles. The molecule has 29 heavy (non-hydrogen) atoms. The monoisotopic (exact) mass is 402 g/mol. The van der Waals surface area contributed by atoms with Crippen LogP contribution in [0, 0.1) is 40.4 Å². The standard InChI is InChI=1S/C27H46O2/c1-5-7-21(28)9-6-8-19-11-13-23-22-12-10-20-18-25(2,29)16-17-27(20,4)24(22)14-15-26(19,23)3/h5,19-24,28-29H,1,6-18H2,2-4H3/t19?,20?,21?,22?,23?,24?,25-,26?,27?/m0/s1. The van der Waals surface area contributed by atoms with E-state index in [9.17, 15) is 10.2 Å². The number of rotatable bonds is 6. The average Bonchev–Trinajstić information content (AvgIpc) is 2.99. The summed E-state index contributed by atoms with van der Waals surface area (Å²) in [6, 6.07) is 0. The molecule has 4 aliphatic carbocycles. The molecule has 2 nitrogen and oxygen atoms in total. The first-order valence-corrected chi connectivity index (χ1v) is 12.7. The highest BCUT2D eigenvalue weighted by Gasteiger charge is 2.60. The van der Waals surface area contributed by atoms with E-state index in [1.165, 1.54) is 57.8 Å². The number of hydrogen-bond acceptors (Lipinski definition) is 2. The molecule has 4 rings (SSSR count). The maximum atomic E-state index is 10.7. The normalized spacial score (nSPS) is 50.3. The van der Waals surface area contributed by atoms with Crippen molar-refractivity contribution < 1.29 is 10.2 Å². The van der Waals surface area contributed by atoms with Crippen LogP contribution in [0.1, 0.15) is 104 Å². The third-order valence-electron chi connectivity index (χ3n) is 10.7. The minimum Gasteiger partial charge on any atom is -0.393 e. The highest BCUT2D eigenvalue weighted by atomic mass is 16.3. The molecule has 2 heteroatoms. The van der Waals surface area contributed by atoms with Gasteiger partial charge in [-0.2, -0.15) is 0 Å². The van der Waals surface area contributed by atoms with Gasteiger partial charge in [-0.25, -0.2) is 0 Å². The van der Waals surface area contributed by atoms with Crippen LogP contribution in [0.2, 0.25) is 0 Å². The van der Waals surface area contributed by atoms with Crippen LogP contribution in [0.4, 0.5) is 0 Å². The molecule has 0 saturated heterocycles. The van der Waals surface area contributed by atoms with Crippen LogP contribution in [0.25, 0.3) is 0 Å². The van der Waals surface area contributed by atoms with Crippen LogP contribution in [0.5, 0.6) is 0 Å². The van der Waals surface area contributed by atoms with Gasteiger partial charge in [0, 0.05) is 0 Å². The Hall–Kier alpha value is -0.340. The van der Waals surface area contributed by atoms with Gasteiger partial charge in [0.25, 0.3) is 0 Å².